The van der Waals surface area contributed by atoms with E-state index >= 15 is 0 Å². The maximum absolute atomic E-state index is 12.6. The summed E-state index contributed by atoms with van der Waals surface area (Å²) >= 11 is 0. The fourth-order valence-electron chi connectivity index (χ4n) is 5.09. The van der Waals surface area contributed by atoms with E-state index in [0.717, 1.165) is 25.7 Å². The summed E-state index contributed by atoms with van der Waals surface area (Å²) < 4.78 is 5.26. The van der Waals surface area contributed by atoms with Crippen molar-refractivity contribution in [3.05, 3.63) is 0 Å². The third-order valence-electron chi connectivity index (χ3n) is 5.59. The molecule has 0 radical (unpaired) electrons. The van der Waals surface area contributed by atoms with Gasteiger partial charge in [0.05, 0.1) is 5.41 Å². The van der Waals surface area contributed by atoms with Crippen molar-refractivity contribution in [3.63, 3.8) is 0 Å². The standard InChI is InChI=1S/C17H26N2O4/c1-2-3-18-16(22)19-14(20)10-23-15(21)17-7-11-4-12(8-17)6-13(5-11)9-17/h11-13H,2-10H2,1H3,(H2,18,19,20,22). The predicted molar refractivity (Wildman–Crippen MR) is 83.4 cm³/mol. The van der Waals surface area contributed by atoms with Crippen molar-refractivity contribution in [1.82, 2.24) is 10.6 Å². The highest BCUT2D eigenvalue weighted by Gasteiger charge is 2.55. The van der Waals surface area contributed by atoms with Crippen LogP contribution in [0.1, 0.15) is 51.9 Å². The molecule has 0 aromatic carbocycles. The first kappa shape index (κ1) is 16.3. The Balaban J connectivity index is 1.48. The number of hydrogen-bond donors (Lipinski definition) is 2. The Bertz CT molecular complexity index is 468. The molecule has 0 aromatic heterocycles. The van der Waals surface area contributed by atoms with Gasteiger partial charge in [-0.2, -0.15) is 0 Å². The van der Waals surface area contributed by atoms with Crippen molar-refractivity contribution in [2.75, 3.05) is 13.2 Å². The third kappa shape index (κ3) is 3.51. The molecular weight excluding hydrogens is 296 g/mol. The maximum Gasteiger partial charge on any atom is 0.321 e. The first-order valence-corrected chi connectivity index (χ1v) is 8.75. The first-order chi connectivity index (χ1) is 11.0. The second kappa shape index (κ2) is 6.49. The molecule has 4 saturated carbocycles. The lowest BCUT2D eigenvalue weighted by atomic mass is 9.49. The number of imide groups is 1. The molecule has 2 N–H and O–H groups in total. The molecule has 0 atom stereocenters. The van der Waals surface area contributed by atoms with Crippen molar-refractivity contribution in [2.24, 2.45) is 23.2 Å². The molecule has 0 heterocycles. The number of esters is 1. The Labute approximate surface area is 136 Å². The van der Waals surface area contributed by atoms with Crippen LogP contribution < -0.4 is 10.6 Å². The summed E-state index contributed by atoms with van der Waals surface area (Å²) in [7, 11) is 0. The van der Waals surface area contributed by atoms with Crippen molar-refractivity contribution in [3.8, 4) is 0 Å². The highest BCUT2D eigenvalue weighted by atomic mass is 16.5. The van der Waals surface area contributed by atoms with Gasteiger partial charge in [0.2, 0.25) is 0 Å². The second-order valence-corrected chi connectivity index (χ2v) is 7.58. The van der Waals surface area contributed by atoms with E-state index in [2.05, 4.69) is 10.6 Å². The highest BCUT2D eigenvalue weighted by Crippen LogP contribution is 2.60. The number of amides is 3. The van der Waals surface area contributed by atoms with Gasteiger partial charge in [-0.1, -0.05) is 6.92 Å². The van der Waals surface area contributed by atoms with E-state index in [4.69, 9.17) is 4.74 Å². The van der Waals surface area contributed by atoms with E-state index in [1.165, 1.54) is 19.3 Å². The van der Waals surface area contributed by atoms with Crippen LogP contribution in [-0.4, -0.2) is 31.1 Å². The Hall–Kier alpha value is -1.59. The van der Waals surface area contributed by atoms with Gasteiger partial charge in [-0.3, -0.25) is 14.9 Å². The van der Waals surface area contributed by atoms with Crippen molar-refractivity contribution in [2.45, 2.75) is 51.9 Å². The molecule has 128 valence electrons. The van der Waals surface area contributed by atoms with Gasteiger partial charge >= 0.3 is 12.0 Å². The van der Waals surface area contributed by atoms with Gasteiger partial charge in [-0.25, -0.2) is 4.79 Å². The predicted octanol–water partition coefficient (Wildman–Crippen LogP) is 1.98. The lowest BCUT2D eigenvalue weighted by Gasteiger charge is -2.55. The van der Waals surface area contributed by atoms with E-state index in [0.29, 0.717) is 24.3 Å². The summed E-state index contributed by atoms with van der Waals surface area (Å²) in [5, 5.41) is 4.73. The van der Waals surface area contributed by atoms with Gasteiger partial charge in [0.25, 0.3) is 5.91 Å². The molecule has 3 amide bonds. The van der Waals surface area contributed by atoms with Gasteiger partial charge < -0.3 is 10.1 Å². The fourth-order valence-corrected chi connectivity index (χ4v) is 5.09. The van der Waals surface area contributed by atoms with Gasteiger partial charge in [-0.05, 0) is 62.7 Å². The summed E-state index contributed by atoms with van der Waals surface area (Å²) in [6.07, 6.45) is 7.30. The minimum atomic E-state index is -0.573. The van der Waals surface area contributed by atoms with Crippen LogP contribution in [0.4, 0.5) is 4.79 Å². The van der Waals surface area contributed by atoms with E-state index in [1.54, 1.807) is 0 Å². The SMILES string of the molecule is CCCNC(=O)NC(=O)COC(=O)C12CC3CC(CC(C3)C1)C2. The fraction of sp³-hybridized carbons (Fsp3) is 0.824. The highest BCUT2D eigenvalue weighted by molar-refractivity contribution is 5.95. The third-order valence-corrected chi connectivity index (χ3v) is 5.59. The molecule has 0 aliphatic heterocycles. The van der Waals surface area contributed by atoms with Crippen molar-refractivity contribution < 1.29 is 19.1 Å². The zero-order valence-electron chi connectivity index (χ0n) is 13.7. The molecule has 6 heteroatoms. The Morgan fingerprint density at radius 2 is 1.61 bits per heavy atom. The molecule has 4 aliphatic carbocycles. The number of urea groups is 1. The quantitative estimate of drug-likeness (QED) is 0.758. The van der Waals surface area contributed by atoms with E-state index < -0.39 is 11.9 Å². The summed E-state index contributed by atoms with van der Waals surface area (Å²) in [5.74, 6) is 1.16. The molecule has 23 heavy (non-hydrogen) atoms. The van der Waals surface area contributed by atoms with E-state index in [-0.39, 0.29) is 18.0 Å². The van der Waals surface area contributed by atoms with Gasteiger partial charge in [0.1, 0.15) is 0 Å². The summed E-state index contributed by atoms with van der Waals surface area (Å²) in [6, 6.07) is -0.539. The van der Waals surface area contributed by atoms with Gasteiger partial charge in [0, 0.05) is 6.54 Å². The Kier molecular flexibility index (Phi) is 4.60. The molecular formula is C17H26N2O4. The van der Waals surface area contributed by atoms with Crippen LogP contribution in [0.25, 0.3) is 0 Å². The average molecular weight is 322 g/mol. The molecule has 0 aromatic rings. The number of carbonyl (C=O) groups is 3. The second-order valence-electron chi connectivity index (χ2n) is 7.58. The van der Waals surface area contributed by atoms with E-state index in [1.807, 2.05) is 6.92 Å². The van der Waals surface area contributed by atoms with Crippen LogP contribution in [0.2, 0.25) is 0 Å². The minimum Gasteiger partial charge on any atom is -0.455 e. The minimum absolute atomic E-state index is 0.235. The molecule has 0 spiro atoms. The Morgan fingerprint density at radius 3 is 2.13 bits per heavy atom. The largest absolute Gasteiger partial charge is 0.455 e. The zero-order valence-corrected chi connectivity index (χ0v) is 13.7. The monoisotopic (exact) mass is 322 g/mol. The smallest absolute Gasteiger partial charge is 0.321 e. The molecule has 4 aliphatic rings. The Morgan fingerprint density at radius 1 is 1.04 bits per heavy atom. The summed E-state index contributed by atoms with van der Waals surface area (Å²) in [6.45, 7) is 2.06. The lowest BCUT2D eigenvalue weighted by molar-refractivity contribution is -0.173. The maximum atomic E-state index is 12.6. The van der Waals surface area contributed by atoms with Crippen LogP contribution in [0, 0.1) is 23.2 Å². The number of nitrogens with one attached hydrogen (secondary N) is 2. The van der Waals surface area contributed by atoms with Crippen LogP contribution in [0.15, 0.2) is 0 Å². The summed E-state index contributed by atoms with van der Waals surface area (Å²) in [5.41, 5.74) is -0.362. The van der Waals surface area contributed by atoms with Gasteiger partial charge in [0.15, 0.2) is 6.61 Å². The number of ether oxygens (including phenoxy) is 1. The molecule has 6 nitrogen and oxygen atoms in total. The topological polar surface area (TPSA) is 84.5 Å². The molecule has 0 unspecified atom stereocenters. The van der Waals surface area contributed by atoms with Crippen molar-refractivity contribution >= 4 is 17.9 Å². The van der Waals surface area contributed by atoms with Gasteiger partial charge in [-0.15, -0.1) is 0 Å². The first-order valence-electron chi connectivity index (χ1n) is 8.75. The zero-order chi connectivity index (χ0) is 16.4. The molecule has 4 fully saturated rings. The van der Waals surface area contributed by atoms with Crippen LogP contribution in [0.5, 0.6) is 0 Å². The van der Waals surface area contributed by atoms with Crippen LogP contribution in [-0.2, 0) is 14.3 Å². The lowest BCUT2D eigenvalue weighted by Crippen LogP contribution is -2.51. The molecule has 4 bridgehead atoms. The molecule has 0 saturated heterocycles. The normalized spacial score (nSPS) is 34.0. The summed E-state index contributed by atoms with van der Waals surface area (Å²) in [4.78, 5) is 35.7. The number of rotatable bonds is 5. The number of hydrogen-bond acceptors (Lipinski definition) is 4. The van der Waals surface area contributed by atoms with Crippen molar-refractivity contribution in [1.29, 1.82) is 0 Å². The molecule has 4 rings (SSSR count). The van der Waals surface area contributed by atoms with Crippen LogP contribution >= 0.6 is 0 Å². The number of carbonyl (C=O) groups excluding carboxylic acids is 3. The average Bonchev–Trinajstić information content (AvgIpc) is 2.49. The van der Waals surface area contributed by atoms with E-state index in [9.17, 15) is 14.4 Å². The van der Waals surface area contributed by atoms with Crippen LogP contribution in [0.3, 0.4) is 0 Å².